The Kier molecular flexibility index (Phi) is 6.06. The summed E-state index contributed by atoms with van der Waals surface area (Å²) in [6.07, 6.45) is 6.18. The maximum absolute atomic E-state index is 12.8. The van der Waals surface area contributed by atoms with E-state index in [1.54, 1.807) is 6.07 Å². The van der Waals surface area contributed by atoms with E-state index in [9.17, 15) is 9.59 Å². The number of rotatable bonds is 6. The van der Waals surface area contributed by atoms with Gasteiger partial charge in [0.15, 0.2) is 5.76 Å². The van der Waals surface area contributed by atoms with Gasteiger partial charge in [-0.3, -0.25) is 9.69 Å². The molecule has 1 N–H and O–H groups in total. The first-order valence-corrected chi connectivity index (χ1v) is 11.3. The summed E-state index contributed by atoms with van der Waals surface area (Å²) in [7, 11) is 0. The van der Waals surface area contributed by atoms with Crippen LogP contribution in [0.4, 0.5) is 5.00 Å². The SMILES string of the molecule is CC(C)OC(=O)c1c(NC(=O)c2ccc(CN3CCCC3)o2)sc2c1CCCC2. The molecule has 2 aromatic heterocycles. The predicted octanol–water partition coefficient (Wildman–Crippen LogP) is 4.63. The van der Waals surface area contributed by atoms with E-state index in [0.717, 1.165) is 56.6 Å². The van der Waals surface area contributed by atoms with Gasteiger partial charge in [0.05, 0.1) is 18.2 Å². The number of ether oxygens (including phenoxy) is 1. The van der Waals surface area contributed by atoms with Gasteiger partial charge in [-0.05, 0) is 83.2 Å². The highest BCUT2D eigenvalue weighted by Gasteiger charge is 2.28. The van der Waals surface area contributed by atoms with E-state index in [1.807, 2.05) is 19.9 Å². The summed E-state index contributed by atoms with van der Waals surface area (Å²) in [6.45, 7) is 6.54. The molecule has 0 bridgehead atoms. The summed E-state index contributed by atoms with van der Waals surface area (Å²) in [5.41, 5.74) is 1.56. The highest BCUT2D eigenvalue weighted by Crippen LogP contribution is 2.39. The fraction of sp³-hybridized carbons (Fsp3) is 0.545. The van der Waals surface area contributed by atoms with E-state index in [1.165, 1.54) is 29.1 Å². The first kappa shape index (κ1) is 20.2. The second-order valence-corrected chi connectivity index (χ2v) is 9.18. The van der Waals surface area contributed by atoms with Crippen molar-refractivity contribution in [2.24, 2.45) is 0 Å². The zero-order valence-corrected chi connectivity index (χ0v) is 17.9. The summed E-state index contributed by atoms with van der Waals surface area (Å²) in [5, 5.41) is 3.49. The van der Waals surface area contributed by atoms with Gasteiger partial charge in [0.2, 0.25) is 0 Å². The second kappa shape index (κ2) is 8.71. The number of carbonyl (C=O) groups is 2. The van der Waals surface area contributed by atoms with Crippen LogP contribution in [0.25, 0.3) is 0 Å². The Morgan fingerprint density at radius 2 is 1.93 bits per heavy atom. The minimum Gasteiger partial charge on any atom is -0.459 e. The van der Waals surface area contributed by atoms with Crippen molar-refractivity contribution in [1.29, 1.82) is 0 Å². The molecule has 1 saturated heterocycles. The van der Waals surface area contributed by atoms with Gasteiger partial charge in [0.25, 0.3) is 5.91 Å². The van der Waals surface area contributed by atoms with Gasteiger partial charge in [-0.2, -0.15) is 0 Å². The predicted molar refractivity (Wildman–Crippen MR) is 113 cm³/mol. The molecule has 1 aliphatic carbocycles. The van der Waals surface area contributed by atoms with Crippen molar-refractivity contribution >= 4 is 28.2 Å². The van der Waals surface area contributed by atoms with E-state index in [0.29, 0.717) is 10.6 Å². The Morgan fingerprint density at radius 1 is 1.17 bits per heavy atom. The molecule has 7 heteroatoms. The number of anilines is 1. The first-order valence-electron chi connectivity index (χ1n) is 10.5. The topological polar surface area (TPSA) is 71.8 Å². The molecule has 0 spiro atoms. The number of furan rings is 1. The van der Waals surface area contributed by atoms with Crippen molar-refractivity contribution in [1.82, 2.24) is 4.90 Å². The fourth-order valence-electron chi connectivity index (χ4n) is 4.05. The average Bonchev–Trinajstić information content (AvgIpc) is 3.40. The number of carbonyl (C=O) groups excluding carboxylic acids is 2. The third-order valence-corrected chi connectivity index (χ3v) is 6.62. The third-order valence-electron chi connectivity index (χ3n) is 5.41. The van der Waals surface area contributed by atoms with Crippen molar-refractivity contribution < 1.29 is 18.7 Å². The molecule has 29 heavy (non-hydrogen) atoms. The molecule has 1 amide bonds. The number of esters is 1. The van der Waals surface area contributed by atoms with Gasteiger partial charge >= 0.3 is 5.97 Å². The van der Waals surface area contributed by atoms with E-state index < -0.39 is 0 Å². The molecule has 1 fully saturated rings. The standard InChI is InChI=1S/C22H28N2O4S/c1-14(2)27-22(26)19-16-7-3-4-8-18(16)29-21(19)23-20(25)17-10-9-15(28-17)13-24-11-5-6-12-24/h9-10,14H,3-8,11-13H2,1-2H3,(H,23,25). The van der Waals surface area contributed by atoms with Crippen LogP contribution in [0.15, 0.2) is 16.5 Å². The van der Waals surface area contributed by atoms with Crippen molar-refractivity contribution in [3.05, 3.63) is 39.7 Å². The van der Waals surface area contributed by atoms with Crippen LogP contribution in [-0.4, -0.2) is 36.0 Å². The largest absolute Gasteiger partial charge is 0.459 e. The number of aryl methyl sites for hydroxylation is 1. The molecule has 0 atom stereocenters. The number of hydrogen-bond acceptors (Lipinski definition) is 6. The van der Waals surface area contributed by atoms with E-state index in [-0.39, 0.29) is 23.7 Å². The highest BCUT2D eigenvalue weighted by molar-refractivity contribution is 7.17. The molecule has 1 aliphatic heterocycles. The van der Waals surface area contributed by atoms with Crippen LogP contribution >= 0.6 is 11.3 Å². The molecule has 0 saturated carbocycles. The van der Waals surface area contributed by atoms with Crippen LogP contribution in [0.5, 0.6) is 0 Å². The quantitative estimate of drug-likeness (QED) is 0.695. The van der Waals surface area contributed by atoms with Crippen LogP contribution in [0, 0.1) is 0 Å². The lowest BCUT2D eigenvalue weighted by Gasteiger charge is -2.14. The van der Waals surface area contributed by atoms with Gasteiger partial charge in [0.1, 0.15) is 10.8 Å². The summed E-state index contributed by atoms with van der Waals surface area (Å²) >= 11 is 1.49. The smallest absolute Gasteiger partial charge is 0.341 e. The third kappa shape index (κ3) is 4.56. The Hall–Kier alpha value is -2.12. The number of thiophene rings is 1. The molecular formula is C22H28N2O4S. The van der Waals surface area contributed by atoms with Gasteiger partial charge in [-0.25, -0.2) is 4.79 Å². The van der Waals surface area contributed by atoms with Gasteiger partial charge in [-0.15, -0.1) is 11.3 Å². The summed E-state index contributed by atoms with van der Waals surface area (Å²) < 4.78 is 11.2. The number of nitrogens with one attached hydrogen (secondary N) is 1. The molecule has 156 valence electrons. The normalized spacial score (nSPS) is 16.8. The van der Waals surface area contributed by atoms with E-state index in [4.69, 9.17) is 9.15 Å². The lowest BCUT2D eigenvalue weighted by molar-refractivity contribution is 0.0378. The molecule has 2 aliphatic rings. The van der Waals surface area contributed by atoms with Crippen LogP contribution in [0.2, 0.25) is 0 Å². The van der Waals surface area contributed by atoms with Crippen molar-refractivity contribution in [2.45, 2.75) is 65.0 Å². The molecule has 0 aromatic carbocycles. The van der Waals surface area contributed by atoms with Crippen LogP contribution in [-0.2, 0) is 24.1 Å². The molecule has 3 heterocycles. The summed E-state index contributed by atoms with van der Waals surface area (Å²) in [4.78, 5) is 29.0. The maximum atomic E-state index is 12.8. The minimum atomic E-state index is -0.358. The zero-order valence-electron chi connectivity index (χ0n) is 17.1. The van der Waals surface area contributed by atoms with Crippen LogP contribution in [0.1, 0.15) is 76.6 Å². The Balaban J connectivity index is 1.52. The highest BCUT2D eigenvalue weighted by atomic mass is 32.1. The van der Waals surface area contributed by atoms with Crippen LogP contribution in [0.3, 0.4) is 0 Å². The average molecular weight is 417 g/mol. The lowest BCUT2D eigenvalue weighted by atomic mass is 9.95. The lowest BCUT2D eigenvalue weighted by Crippen LogP contribution is -2.18. The number of amides is 1. The molecule has 4 rings (SSSR count). The van der Waals surface area contributed by atoms with Gasteiger partial charge in [0, 0.05) is 4.88 Å². The summed E-state index contributed by atoms with van der Waals surface area (Å²) in [6, 6.07) is 3.57. The molecule has 0 unspecified atom stereocenters. The van der Waals surface area contributed by atoms with Crippen LogP contribution < -0.4 is 5.32 Å². The number of hydrogen-bond donors (Lipinski definition) is 1. The monoisotopic (exact) mass is 416 g/mol. The molecular weight excluding hydrogens is 388 g/mol. The van der Waals surface area contributed by atoms with Crippen molar-refractivity contribution in [3.8, 4) is 0 Å². The van der Waals surface area contributed by atoms with Gasteiger partial charge < -0.3 is 14.5 Å². The van der Waals surface area contributed by atoms with Gasteiger partial charge in [-0.1, -0.05) is 0 Å². The van der Waals surface area contributed by atoms with E-state index in [2.05, 4.69) is 10.2 Å². The first-order chi connectivity index (χ1) is 14.0. The molecule has 6 nitrogen and oxygen atoms in total. The molecule has 2 aromatic rings. The molecule has 0 radical (unpaired) electrons. The maximum Gasteiger partial charge on any atom is 0.341 e. The Morgan fingerprint density at radius 3 is 2.69 bits per heavy atom. The van der Waals surface area contributed by atoms with Crippen molar-refractivity contribution in [2.75, 3.05) is 18.4 Å². The van der Waals surface area contributed by atoms with E-state index >= 15 is 0 Å². The Bertz CT molecular complexity index is 893. The fourth-order valence-corrected chi connectivity index (χ4v) is 5.33. The zero-order chi connectivity index (χ0) is 20.4. The summed E-state index contributed by atoms with van der Waals surface area (Å²) in [5.74, 6) is 0.384. The Labute approximate surface area is 175 Å². The van der Waals surface area contributed by atoms with Crippen molar-refractivity contribution in [3.63, 3.8) is 0 Å². The minimum absolute atomic E-state index is 0.205. The number of nitrogens with zero attached hydrogens (tertiary/aromatic N) is 1. The second-order valence-electron chi connectivity index (χ2n) is 8.07. The number of fused-ring (bicyclic) bond motifs is 1. The number of likely N-dealkylation sites (tertiary alicyclic amines) is 1.